The van der Waals surface area contributed by atoms with Gasteiger partial charge >= 0.3 is 0 Å². The zero-order valence-electron chi connectivity index (χ0n) is 17.7. The van der Waals surface area contributed by atoms with Gasteiger partial charge in [0.2, 0.25) is 5.43 Å². The van der Waals surface area contributed by atoms with Crippen LogP contribution in [0.4, 0.5) is 0 Å². The van der Waals surface area contributed by atoms with Crippen LogP contribution in [0.3, 0.4) is 0 Å². The number of thioether (sulfide) groups is 1. The molecule has 0 saturated carbocycles. The SMILES string of the molecule is Cc1cc(-c2nc3c(=O)cc(CSc4ccccc4)[nH]c3nc2-c2ccccc2)cc(Cl)n1. The third kappa shape index (κ3) is 4.67. The molecular formula is C26H19ClN4OS. The van der Waals surface area contributed by atoms with E-state index >= 15 is 0 Å². The molecule has 0 fully saturated rings. The van der Waals surface area contributed by atoms with Crippen molar-refractivity contribution in [3.05, 3.63) is 106 Å². The minimum atomic E-state index is -0.169. The number of fused-ring (bicyclic) bond motifs is 1. The number of halogens is 1. The van der Waals surface area contributed by atoms with Gasteiger partial charge < -0.3 is 4.98 Å². The van der Waals surface area contributed by atoms with Crippen molar-refractivity contribution in [2.75, 3.05) is 0 Å². The summed E-state index contributed by atoms with van der Waals surface area (Å²) in [6.07, 6.45) is 0. The van der Waals surface area contributed by atoms with E-state index in [-0.39, 0.29) is 5.43 Å². The lowest BCUT2D eigenvalue weighted by atomic mass is 10.0. The Morgan fingerprint density at radius 3 is 2.27 bits per heavy atom. The van der Waals surface area contributed by atoms with Crippen molar-refractivity contribution in [2.24, 2.45) is 0 Å². The summed E-state index contributed by atoms with van der Waals surface area (Å²) in [5.74, 6) is 0.623. The van der Waals surface area contributed by atoms with E-state index in [1.54, 1.807) is 23.9 Å². The first-order valence-electron chi connectivity index (χ1n) is 10.4. The van der Waals surface area contributed by atoms with E-state index in [9.17, 15) is 4.79 Å². The van der Waals surface area contributed by atoms with E-state index < -0.39 is 0 Å². The highest BCUT2D eigenvalue weighted by atomic mass is 35.5. The number of H-pyrrole nitrogens is 1. The molecule has 162 valence electrons. The van der Waals surface area contributed by atoms with E-state index in [0.717, 1.165) is 27.4 Å². The molecule has 0 atom stereocenters. The van der Waals surface area contributed by atoms with Gasteiger partial charge in [-0.3, -0.25) is 4.79 Å². The van der Waals surface area contributed by atoms with Gasteiger partial charge in [0, 0.05) is 39.2 Å². The third-order valence-corrected chi connectivity index (χ3v) is 6.35. The minimum absolute atomic E-state index is 0.169. The predicted octanol–water partition coefficient (Wildman–Crippen LogP) is 6.30. The number of aromatic amines is 1. The van der Waals surface area contributed by atoms with Crippen molar-refractivity contribution < 1.29 is 0 Å². The fraction of sp³-hybridized carbons (Fsp3) is 0.0769. The van der Waals surface area contributed by atoms with E-state index in [1.165, 1.54) is 0 Å². The number of benzene rings is 2. The topological polar surface area (TPSA) is 71.5 Å². The van der Waals surface area contributed by atoms with E-state index in [0.29, 0.717) is 33.5 Å². The van der Waals surface area contributed by atoms with Crippen molar-refractivity contribution in [3.8, 4) is 22.5 Å². The van der Waals surface area contributed by atoms with Gasteiger partial charge in [0.15, 0.2) is 11.2 Å². The lowest BCUT2D eigenvalue weighted by Gasteiger charge is -2.12. The number of aryl methyl sites for hydroxylation is 1. The fourth-order valence-corrected chi connectivity index (χ4v) is 4.71. The second-order valence-corrected chi connectivity index (χ2v) is 9.00. The van der Waals surface area contributed by atoms with Crippen molar-refractivity contribution in [1.29, 1.82) is 0 Å². The average Bonchev–Trinajstić information content (AvgIpc) is 2.83. The van der Waals surface area contributed by atoms with Crippen LogP contribution < -0.4 is 5.43 Å². The van der Waals surface area contributed by atoms with E-state index in [1.807, 2.05) is 73.7 Å². The molecule has 0 bridgehead atoms. The molecule has 0 aliphatic rings. The first-order chi connectivity index (χ1) is 16.1. The first kappa shape index (κ1) is 21.4. The normalized spacial score (nSPS) is 11.1. The molecule has 1 N–H and O–H groups in total. The molecule has 0 unspecified atom stereocenters. The summed E-state index contributed by atoms with van der Waals surface area (Å²) in [4.78, 5) is 31.3. The molecule has 5 nitrogen and oxygen atoms in total. The Balaban J connectivity index is 1.65. The second-order valence-electron chi connectivity index (χ2n) is 7.56. The standard InChI is InChI=1S/C26H19ClN4OS/c1-16-12-18(13-22(27)28-16)24-23(17-8-4-2-5-9-17)31-26-25(30-24)21(32)14-19(29-26)15-33-20-10-6-3-7-11-20/h2-14H,15H2,1H3,(H,29,31,32). The number of rotatable bonds is 5. The molecule has 0 aliphatic carbocycles. The van der Waals surface area contributed by atoms with Gasteiger partial charge in [-0.1, -0.05) is 60.1 Å². The van der Waals surface area contributed by atoms with Crippen LogP contribution in [0.15, 0.2) is 88.6 Å². The Morgan fingerprint density at radius 2 is 1.55 bits per heavy atom. The summed E-state index contributed by atoms with van der Waals surface area (Å²) in [5.41, 5.74) is 5.09. The lowest BCUT2D eigenvalue weighted by Crippen LogP contribution is -2.10. The van der Waals surface area contributed by atoms with Crippen molar-refractivity contribution in [2.45, 2.75) is 17.6 Å². The van der Waals surface area contributed by atoms with Crippen LogP contribution in [0.25, 0.3) is 33.7 Å². The number of nitrogens with zero attached hydrogens (tertiary/aromatic N) is 3. The van der Waals surface area contributed by atoms with Gasteiger partial charge in [0.05, 0.1) is 11.4 Å². The smallest absolute Gasteiger partial charge is 0.209 e. The van der Waals surface area contributed by atoms with Crippen LogP contribution in [0, 0.1) is 6.92 Å². The summed E-state index contributed by atoms with van der Waals surface area (Å²) in [7, 11) is 0. The molecule has 0 amide bonds. The largest absolute Gasteiger partial charge is 0.341 e. The number of aromatic nitrogens is 4. The quantitative estimate of drug-likeness (QED) is 0.241. The second kappa shape index (κ2) is 9.17. The molecule has 0 saturated heterocycles. The Bertz CT molecular complexity index is 1480. The van der Waals surface area contributed by atoms with Crippen molar-refractivity contribution >= 4 is 34.5 Å². The molecular weight excluding hydrogens is 452 g/mol. The van der Waals surface area contributed by atoms with Gasteiger partial charge in [-0.15, -0.1) is 11.8 Å². The Hall–Kier alpha value is -3.48. The molecule has 5 rings (SSSR count). The van der Waals surface area contributed by atoms with Gasteiger partial charge in [0.1, 0.15) is 5.15 Å². The highest BCUT2D eigenvalue weighted by Gasteiger charge is 2.16. The molecule has 33 heavy (non-hydrogen) atoms. The molecule has 3 aromatic heterocycles. The number of hydrogen-bond acceptors (Lipinski definition) is 5. The predicted molar refractivity (Wildman–Crippen MR) is 135 cm³/mol. The Kier molecular flexibility index (Phi) is 5.94. The van der Waals surface area contributed by atoms with Crippen LogP contribution in [0.1, 0.15) is 11.4 Å². The summed E-state index contributed by atoms with van der Waals surface area (Å²) in [6.45, 7) is 1.87. The van der Waals surface area contributed by atoms with Gasteiger partial charge in [-0.05, 0) is 31.2 Å². The molecule has 0 radical (unpaired) electrons. The Morgan fingerprint density at radius 1 is 0.848 bits per heavy atom. The lowest BCUT2D eigenvalue weighted by molar-refractivity contribution is 1.14. The van der Waals surface area contributed by atoms with Crippen LogP contribution in [0.5, 0.6) is 0 Å². The highest BCUT2D eigenvalue weighted by molar-refractivity contribution is 7.98. The van der Waals surface area contributed by atoms with Gasteiger partial charge in [-0.25, -0.2) is 15.0 Å². The molecule has 2 aromatic carbocycles. The molecule has 0 spiro atoms. The van der Waals surface area contributed by atoms with E-state index in [2.05, 4.69) is 9.97 Å². The summed E-state index contributed by atoms with van der Waals surface area (Å²) < 4.78 is 0. The Labute approximate surface area is 199 Å². The molecule has 7 heteroatoms. The zero-order chi connectivity index (χ0) is 22.8. The van der Waals surface area contributed by atoms with Crippen LogP contribution >= 0.6 is 23.4 Å². The van der Waals surface area contributed by atoms with Gasteiger partial charge in [-0.2, -0.15) is 0 Å². The fourth-order valence-electron chi connectivity index (χ4n) is 3.63. The maximum Gasteiger partial charge on any atom is 0.209 e. The average molecular weight is 471 g/mol. The molecule has 0 aliphatic heterocycles. The summed E-state index contributed by atoms with van der Waals surface area (Å²) in [6, 6.07) is 25.1. The number of pyridine rings is 2. The highest BCUT2D eigenvalue weighted by Crippen LogP contribution is 2.31. The van der Waals surface area contributed by atoms with Gasteiger partial charge in [0.25, 0.3) is 0 Å². The summed E-state index contributed by atoms with van der Waals surface area (Å²) >= 11 is 7.88. The van der Waals surface area contributed by atoms with Crippen LogP contribution in [-0.2, 0) is 5.75 Å². The third-order valence-electron chi connectivity index (χ3n) is 5.09. The van der Waals surface area contributed by atoms with Crippen LogP contribution in [0.2, 0.25) is 5.15 Å². The number of nitrogens with one attached hydrogen (secondary N) is 1. The minimum Gasteiger partial charge on any atom is -0.341 e. The van der Waals surface area contributed by atoms with Crippen molar-refractivity contribution in [3.63, 3.8) is 0 Å². The summed E-state index contributed by atoms with van der Waals surface area (Å²) in [5, 5.41) is 0.369. The van der Waals surface area contributed by atoms with E-state index in [4.69, 9.17) is 21.6 Å². The molecule has 3 heterocycles. The maximum atomic E-state index is 13.0. The van der Waals surface area contributed by atoms with Crippen molar-refractivity contribution in [1.82, 2.24) is 19.9 Å². The number of hydrogen-bond donors (Lipinski definition) is 1. The zero-order valence-corrected chi connectivity index (χ0v) is 19.3. The van der Waals surface area contributed by atoms with Crippen LogP contribution in [-0.4, -0.2) is 19.9 Å². The molecule has 5 aromatic rings. The monoisotopic (exact) mass is 470 g/mol. The maximum absolute atomic E-state index is 13.0. The first-order valence-corrected chi connectivity index (χ1v) is 11.7.